The molecule has 0 saturated carbocycles. The average Bonchev–Trinajstić information content (AvgIpc) is 2.56. The average molecular weight is 304 g/mol. The summed E-state index contributed by atoms with van der Waals surface area (Å²) in [5.41, 5.74) is 0. The Labute approximate surface area is 136 Å². The van der Waals surface area contributed by atoms with Gasteiger partial charge in [0.05, 0.1) is 0 Å². The lowest BCUT2D eigenvalue weighted by molar-refractivity contribution is 0.218. The predicted octanol–water partition coefficient (Wildman–Crippen LogP) is 3.68. The van der Waals surface area contributed by atoms with Gasteiger partial charge in [0.25, 0.3) is 0 Å². The molecule has 0 N–H and O–H groups in total. The molecule has 0 unspecified atom stereocenters. The van der Waals surface area contributed by atoms with Crippen LogP contribution in [-0.2, 0) is 0 Å². The van der Waals surface area contributed by atoms with Gasteiger partial charge in [-0.1, -0.05) is 44.2 Å². The molecule has 3 heteroatoms. The molecule has 0 saturated heterocycles. The maximum atomic E-state index is 5.76. The van der Waals surface area contributed by atoms with E-state index >= 15 is 0 Å². The van der Waals surface area contributed by atoms with E-state index in [1.807, 2.05) is 30.3 Å². The second-order valence-corrected chi connectivity index (χ2v) is 5.54. The number of benzene rings is 1. The summed E-state index contributed by atoms with van der Waals surface area (Å²) in [5, 5.41) is 0. The summed E-state index contributed by atoms with van der Waals surface area (Å²) in [7, 11) is 2.17. The number of hydrogen-bond acceptors (Lipinski definition) is 3. The topological polar surface area (TPSA) is 15.7 Å². The molecule has 1 aromatic carbocycles. The first-order chi connectivity index (χ1) is 10.8. The van der Waals surface area contributed by atoms with E-state index in [1.165, 1.54) is 0 Å². The van der Waals surface area contributed by atoms with Crippen molar-refractivity contribution in [2.75, 3.05) is 46.4 Å². The number of rotatable bonds is 12. The molecule has 0 aliphatic carbocycles. The first kappa shape index (κ1) is 18.7. The Balaban J connectivity index is 2.10. The molecule has 0 aliphatic heterocycles. The molecule has 1 rings (SSSR count). The number of para-hydroxylation sites is 1. The zero-order chi connectivity index (χ0) is 16.0. The van der Waals surface area contributed by atoms with Crippen molar-refractivity contribution in [3.63, 3.8) is 0 Å². The van der Waals surface area contributed by atoms with Gasteiger partial charge in [-0.3, -0.25) is 4.90 Å². The third-order valence-corrected chi connectivity index (χ3v) is 3.86. The second-order valence-electron chi connectivity index (χ2n) is 5.54. The van der Waals surface area contributed by atoms with Crippen LogP contribution in [0.15, 0.2) is 42.5 Å². The quantitative estimate of drug-likeness (QED) is 0.548. The number of likely N-dealkylation sites (N-methyl/N-ethyl adjacent to an activating group) is 1. The Kier molecular flexibility index (Phi) is 10.4. The van der Waals surface area contributed by atoms with Gasteiger partial charge in [-0.25, -0.2) is 0 Å². The standard InChI is InChI=1S/C19H32N2O/c1-4-20(3)15-11-6-7-12-16-21(5-2)17-18-22-19-13-9-8-10-14-19/h6-10,13-14H,4-5,11-12,15-18H2,1-3H3/b7-6-. The Bertz CT molecular complexity index is 392. The highest BCUT2D eigenvalue weighted by molar-refractivity contribution is 5.20. The van der Waals surface area contributed by atoms with E-state index < -0.39 is 0 Å². The Morgan fingerprint density at radius 1 is 0.909 bits per heavy atom. The van der Waals surface area contributed by atoms with Gasteiger partial charge in [-0.2, -0.15) is 0 Å². The molecule has 0 atom stereocenters. The maximum Gasteiger partial charge on any atom is 0.119 e. The molecule has 0 aromatic heterocycles. The van der Waals surface area contributed by atoms with Crippen LogP contribution in [0.4, 0.5) is 0 Å². The van der Waals surface area contributed by atoms with Crippen molar-refractivity contribution in [2.24, 2.45) is 0 Å². The summed E-state index contributed by atoms with van der Waals surface area (Å²) in [4.78, 5) is 4.77. The Hall–Kier alpha value is -1.32. The third-order valence-electron chi connectivity index (χ3n) is 3.86. The fourth-order valence-electron chi connectivity index (χ4n) is 2.18. The van der Waals surface area contributed by atoms with Crippen molar-refractivity contribution in [2.45, 2.75) is 26.7 Å². The van der Waals surface area contributed by atoms with Gasteiger partial charge < -0.3 is 9.64 Å². The Morgan fingerprint density at radius 2 is 1.59 bits per heavy atom. The number of ether oxygens (including phenoxy) is 1. The third kappa shape index (κ3) is 8.85. The SMILES string of the molecule is CCN(C)CC/C=C\CCN(CC)CCOc1ccccc1. The van der Waals surface area contributed by atoms with Crippen molar-refractivity contribution >= 4 is 0 Å². The van der Waals surface area contributed by atoms with Crippen LogP contribution in [0, 0.1) is 0 Å². The lowest BCUT2D eigenvalue weighted by Gasteiger charge is -2.19. The molecule has 0 fully saturated rings. The van der Waals surface area contributed by atoms with Crippen LogP contribution in [0.1, 0.15) is 26.7 Å². The van der Waals surface area contributed by atoms with Crippen molar-refractivity contribution in [1.82, 2.24) is 9.80 Å². The van der Waals surface area contributed by atoms with Gasteiger partial charge in [-0.15, -0.1) is 0 Å². The first-order valence-corrected chi connectivity index (χ1v) is 8.50. The van der Waals surface area contributed by atoms with E-state index in [-0.39, 0.29) is 0 Å². The first-order valence-electron chi connectivity index (χ1n) is 8.50. The van der Waals surface area contributed by atoms with Crippen LogP contribution in [0.2, 0.25) is 0 Å². The van der Waals surface area contributed by atoms with Crippen LogP contribution in [-0.4, -0.2) is 56.2 Å². The van der Waals surface area contributed by atoms with E-state index in [0.717, 1.165) is 57.9 Å². The fraction of sp³-hybridized carbons (Fsp3) is 0.579. The molecular weight excluding hydrogens is 272 g/mol. The van der Waals surface area contributed by atoms with E-state index in [9.17, 15) is 0 Å². The highest BCUT2D eigenvalue weighted by Gasteiger charge is 2.01. The van der Waals surface area contributed by atoms with E-state index in [4.69, 9.17) is 4.74 Å². The van der Waals surface area contributed by atoms with Crippen LogP contribution in [0.3, 0.4) is 0 Å². The van der Waals surface area contributed by atoms with Gasteiger partial charge in [-0.05, 0) is 45.1 Å². The molecule has 3 nitrogen and oxygen atoms in total. The minimum absolute atomic E-state index is 0.753. The zero-order valence-electron chi connectivity index (χ0n) is 14.5. The van der Waals surface area contributed by atoms with Gasteiger partial charge >= 0.3 is 0 Å². The summed E-state index contributed by atoms with van der Waals surface area (Å²) >= 11 is 0. The summed E-state index contributed by atoms with van der Waals surface area (Å²) in [6.07, 6.45) is 6.88. The van der Waals surface area contributed by atoms with E-state index in [2.05, 4.69) is 42.8 Å². The molecule has 124 valence electrons. The lowest BCUT2D eigenvalue weighted by atomic mass is 10.3. The molecule has 0 heterocycles. The van der Waals surface area contributed by atoms with E-state index in [0.29, 0.717) is 0 Å². The van der Waals surface area contributed by atoms with Gasteiger partial charge in [0.15, 0.2) is 0 Å². The minimum atomic E-state index is 0.753. The van der Waals surface area contributed by atoms with Crippen LogP contribution < -0.4 is 4.74 Å². The molecule has 1 aromatic rings. The Morgan fingerprint density at radius 3 is 2.23 bits per heavy atom. The smallest absolute Gasteiger partial charge is 0.119 e. The van der Waals surface area contributed by atoms with Gasteiger partial charge in [0.2, 0.25) is 0 Å². The van der Waals surface area contributed by atoms with Crippen LogP contribution >= 0.6 is 0 Å². The summed E-state index contributed by atoms with van der Waals surface area (Å²) < 4.78 is 5.76. The fourth-order valence-corrected chi connectivity index (χ4v) is 2.18. The molecule has 0 spiro atoms. The maximum absolute atomic E-state index is 5.76. The minimum Gasteiger partial charge on any atom is -0.492 e. The van der Waals surface area contributed by atoms with Crippen LogP contribution in [0.25, 0.3) is 0 Å². The van der Waals surface area contributed by atoms with Crippen molar-refractivity contribution in [3.05, 3.63) is 42.5 Å². The van der Waals surface area contributed by atoms with Gasteiger partial charge in [0.1, 0.15) is 12.4 Å². The normalized spacial score (nSPS) is 11.7. The van der Waals surface area contributed by atoms with Crippen molar-refractivity contribution < 1.29 is 4.74 Å². The largest absolute Gasteiger partial charge is 0.492 e. The van der Waals surface area contributed by atoms with Crippen LogP contribution in [0.5, 0.6) is 5.75 Å². The molecule has 22 heavy (non-hydrogen) atoms. The molecule has 0 radical (unpaired) electrons. The monoisotopic (exact) mass is 304 g/mol. The highest BCUT2D eigenvalue weighted by Crippen LogP contribution is 2.08. The molecular formula is C19H32N2O. The zero-order valence-corrected chi connectivity index (χ0v) is 14.5. The number of nitrogens with zero attached hydrogens (tertiary/aromatic N) is 2. The summed E-state index contributed by atoms with van der Waals surface area (Å²) in [6, 6.07) is 10.0. The molecule has 0 amide bonds. The van der Waals surface area contributed by atoms with Gasteiger partial charge in [0, 0.05) is 19.6 Å². The summed E-state index contributed by atoms with van der Waals surface area (Å²) in [6.45, 7) is 10.6. The predicted molar refractivity (Wildman–Crippen MR) is 95.6 cm³/mol. The highest BCUT2D eigenvalue weighted by atomic mass is 16.5. The van der Waals surface area contributed by atoms with Crippen molar-refractivity contribution in [3.8, 4) is 5.75 Å². The second kappa shape index (κ2) is 12.2. The van der Waals surface area contributed by atoms with Crippen molar-refractivity contribution in [1.29, 1.82) is 0 Å². The molecule has 0 aliphatic rings. The van der Waals surface area contributed by atoms with E-state index in [1.54, 1.807) is 0 Å². The lowest BCUT2D eigenvalue weighted by Crippen LogP contribution is -2.29. The molecule has 0 bridgehead atoms. The number of hydrogen-bond donors (Lipinski definition) is 0. The summed E-state index contributed by atoms with van der Waals surface area (Å²) in [5.74, 6) is 0.957.